The summed E-state index contributed by atoms with van der Waals surface area (Å²) in [5.41, 5.74) is 2.79. The minimum atomic E-state index is -4.52. The van der Waals surface area contributed by atoms with Crippen LogP contribution in [-0.2, 0) is 11.0 Å². The lowest BCUT2D eigenvalue weighted by Crippen LogP contribution is -2.43. The van der Waals surface area contributed by atoms with Gasteiger partial charge in [-0.05, 0) is 18.2 Å². The Morgan fingerprint density at radius 2 is 1.95 bits per heavy atom. The lowest BCUT2D eigenvalue weighted by molar-refractivity contribution is -0.137. The fourth-order valence-corrected chi connectivity index (χ4v) is 1.18. The van der Waals surface area contributed by atoms with E-state index in [4.69, 9.17) is 5.26 Å². The van der Waals surface area contributed by atoms with Crippen LogP contribution in [0.15, 0.2) is 24.3 Å². The van der Waals surface area contributed by atoms with Crippen molar-refractivity contribution in [2.75, 3.05) is 5.32 Å². The van der Waals surface area contributed by atoms with Gasteiger partial charge in [-0.3, -0.25) is 10.2 Å². The zero-order chi connectivity index (χ0) is 15.2. The van der Waals surface area contributed by atoms with Gasteiger partial charge in [-0.25, -0.2) is 10.2 Å². The van der Waals surface area contributed by atoms with E-state index in [1.54, 1.807) is 6.07 Å². The molecule has 0 aliphatic heterocycles. The Hall–Kier alpha value is -2.76. The Labute approximate surface area is 111 Å². The standard InChI is InChI=1S/C11H9F3N4O2/c12-11(13,14)7-2-1-3-8(6-7)16-10(20)18-17-9(19)4-5-15/h1-3,6H,4H2,(H,17,19)(H2,16,18,20). The molecule has 1 aromatic carbocycles. The number of carbonyl (C=O) groups excluding carboxylic acids is 2. The summed E-state index contributed by atoms with van der Waals surface area (Å²) in [7, 11) is 0. The molecule has 6 nitrogen and oxygen atoms in total. The summed E-state index contributed by atoms with van der Waals surface area (Å²) in [6.07, 6.45) is -4.97. The Morgan fingerprint density at radius 3 is 2.55 bits per heavy atom. The molecule has 0 saturated carbocycles. The molecule has 1 rings (SSSR count). The van der Waals surface area contributed by atoms with Gasteiger partial charge in [0.25, 0.3) is 5.91 Å². The summed E-state index contributed by atoms with van der Waals surface area (Å²) < 4.78 is 37.3. The van der Waals surface area contributed by atoms with Gasteiger partial charge in [-0.15, -0.1) is 0 Å². The third-order valence-electron chi connectivity index (χ3n) is 2.00. The average Bonchev–Trinajstić information content (AvgIpc) is 2.36. The number of hydrogen-bond acceptors (Lipinski definition) is 3. The SMILES string of the molecule is N#CCC(=O)NNC(=O)Nc1cccc(C(F)(F)F)c1. The van der Waals surface area contributed by atoms with Crippen molar-refractivity contribution >= 4 is 17.6 Å². The predicted octanol–water partition coefficient (Wildman–Crippen LogP) is 1.77. The monoisotopic (exact) mass is 286 g/mol. The van der Waals surface area contributed by atoms with E-state index in [9.17, 15) is 22.8 Å². The highest BCUT2D eigenvalue weighted by atomic mass is 19.4. The molecular weight excluding hydrogens is 277 g/mol. The van der Waals surface area contributed by atoms with Crippen LogP contribution in [0.4, 0.5) is 23.7 Å². The molecule has 0 radical (unpaired) electrons. The van der Waals surface area contributed by atoms with Gasteiger partial charge in [0, 0.05) is 5.69 Å². The number of nitrogens with one attached hydrogen (secondary N) is 3. The van der Waals surface area contributed by atoms with Gasteiger partial charge in [0.05, 0.1) is 11.6 Å². The van der Waals surface area contributed by atoms with Crippen molar-refractivity contribution in [1.29, 1.82) is 5.26 Å². The lowest BCUT2D eigenvalue weighted by atomic mass is 10.2. The topological polar surface area (TPSA) is 94.0 Å². The highest BCUT2D eigenvalue weighted by molar-refractivity contribution is 5.91. The largest absolute Gasteiger partial charge is 0.416 e. The van der Waals surface area contributed by atoms with Crippen molar-refractivity contribution in [3.63, 3.8) is 0 Å². The van der Waals surface area contributed by atoms with Gasteiger partial charge in [0.1, 0.15) is 6.42 Å². The first kappa shape index (κ1) is 15.3. The molecule has 106 valence electrons. The van der Waals surface area contributed by atoms with E-state index in [-0.39, 0.29) is 5.69 Å². The van der Waals surface area contributed by atoms with Crippen molar-refractivity contribution in [3.05, 3.63) is 29.8 Å². The molecule has 3 amide bonds. The van der Waals surface area contributed by atoms with E-state index >= 15 is 0 Å². The summed E-state index contributed by atoms with van der Waals surface area (Å²) >= 11 is 0. The number of nitriles is 1. The molecule has 0 aromatic heterocycles. The maximum Gasteiger partial charge on any atom is 0.416 e. The molecule has 0 aliphatic carbocycles. The number of nitrogens with zero attached hydrogens (tertiary/aromatic N) is 1. The number of rotatable bonds is 2. The van der Waals surface area contributed by atoms with Crippen LogP contribution < -0.4 is 16.2 Å². The van der Waals surface area contributed by atoms with Gasteiger partial charge < -0.3 is 5.32 Å². The Kier molecular flexibility index (Phi) is 4.91. The number of alkyl halides is 3. The summed E-state index contributed by atoms with van der Waals surface area (Å²) in [5, 5.41) is 10.3. The highest BCUT2D eigenvalue weighted by Crippen LogP contribution is 2.30. The first-order chi connectivity index (χ1) is 9.32. The van der Waals surface area contributed by atoms with Crippen LogP contribution in [0.2, 0.25) is 0 Å². The van der Waals surface area contributed by atoms with Gasteiger partial charge >= 0.3 is 12.2 Å². The average molecular weight is 286 g/mol. The number of halogens is 3. The lowest BCUT2D eigenvalue weighted by Gasteiger charge is -2.10. The number of hydrazine groups is 1. The van der Waals surface area contributed by atoms with E-state index in [1.165, 1.54) is 6.07 Å². The fourth-order valence-electron chi connectivity index (χ4n) is 1.18. The van der Waals surface area contributed by atoms with Crippen LogP contribution in [0.1, 0.15) is 12.0 Å². The molecule has 20 heavy (non-hydrogen) atoms. The first-order valence-electron chi connectivity index (χ1n) is 5.23. The summed E-state index contributed by atoms with van der Waals surface area (Å²) in [4.78, 5) is 22.1. The van der Waals surface area contributed by atoms with Gasteiger partial charge in [0.2, 0.25) is 0 Å². The fraction of sp³-hybridized carbons (Fsp3) is 0.182. The number of amides is 3. The molecule has 0 fully saturated rings. The van der Waals surface area contributed by atoms with Gasteiger partial charge in [-0.2, -0.15) is 18.4 Å². The van der Waals surface area contributed by atoms with E-state index in [0.717, 1.165) is 18.2 Å². The van der Waals surface area contributed by atoms with Crippen molar-refractivity contribution in [2.24, 2.45) is 0 Å². The first-order valence-corrected chi connectivity index (χ1v) is 5.23. The van der Waals surface area contributed by atoms with Crippen LogP contribution in [0.25, 0.3) is 0 Å². The highest BCUT2D eigenvalue weighted by Gasteiger charge is 2.30. The molecule has 0 spiro atoms. The number of carbonyl (C=O) groups is 2. The van der Waals surface area contributed by atoms with Crippen LogP contribution >= 0.6 is 0 Å². The maximum absolute atomic E-state index is 12.4. The normalized spacial score (nSPS) is 10.3. The van der Waals surface area contributed by atoms with Crippen molar-refractivity contribution < 1.29 is 22.8 Å². The Balaban J connectivity index is 2.59. The molecule has 0 aliphatic rings. The third kappa shape index (κ3) is 4.85. The molecule has 0 heterocycles. The Morgan fingerprint density at radius 1 is 1.25 bits per heavy atom. The molecule has 0 bridgehead atoms. The van der Waals surface area contributed by atoms with Crippen molar-refractivity contribution in [3.8, 4) is 6.07 Å². The molecule has 9 heteroatoms. The van der Waals surface area contributed by atoms with E-state index in [1.807, 2.05) is 10.9 Å². The van der Waals surface area contributed by atoms with E-state index < -0.39 is 30.1 Å². The van der Waals surface area contributed by atoms with Crippen molar-refractivity contribution in [1.82, 2.24) is 10.9 Å². The minimum Gasteiger partial charge on any atom is -0.307 e. The molecular formula is C11H9F3N4O2. The van der Waals surface area contributed by atoms with Crippen LogP contribution in [0.5, 0.6) is 0 Å². The van der Waals surface area contributed by atoms with Crippen LogP contribution in [0.3, 0.4) is 0 Å². The molecule has 0 atom stereocenters. The second-order valence-corrected chi connectivity index (χ2v) is 3.54. The van der Waals surface area contributed by atoms with E-state index in [2.05, 4.69) is 5.32 Å². The van der Waals surface area contributed by atoms with Gasteiger partial charge in [-0.1, -0.05) is 6.07 Å². The Bertz CT molecular complexity index is 551. The summed E-state index contributed by atoms with van der Waals surface area (Å²) in [6, 6.07) is 4.61. The second-order valence-electron chi connectivity index (χ2n) is 3.54. The zero-order valence-electron chi connectivity index (χ0n) is 9.91. The number of anilines is 1. The third-order valence-corrected chi connectivity index (χ3v) is 2.00. The van der Waals surface area contributed by atoms with Gasteiger partial charge in [0.15, 0.2) is 0 Å². The second kappa shape index (κ2) is 6.42. The molecule has 3 N–H and O–H groups in total. The zero-order valence-corrected chi connectivity index (χ0v) is 9.91. The number of hydrogen-bond donors (Lipinski definition) is 3. The molecule has 0 saturated heterocycles. The van der Waals surface area contributed by atoms with Crippen LogP contribution in [-0.4, -0.2) is 11.9 Å². The minimum absolute atomic E-state index is 0.0909. The summed E-state index contributed by atoms with van der Waals surface area (Å²) in [6.45, 7) is 0. The van der Waals surface area contributed by atoms with Crippen molar-refractivity contribution in [2.45, 2.75) is 12.6 Å². The van der Waals surface area contributed by atoms with E-state index in [0.29, 0.717) is 0 Å². The molecule has 1 aromatic rings. The summed E-state index contributed by atoms with van der Waals surface area (Å²) in [5.74, 6) is -0.744. The molecule has 0 unspecified atom stereocenters. The smallest absolute Gasteiger partial charge is 0.307 e. The predicted molar refractivity (Wildman–Crippen MR) is 62.0 cm³/mol. The maximum atomic E-state index is 12.4. The quantitative estimate of drug-likeness (QED) is 0.723. The number of urea groups is 1. The number of benzene rings is 1. The van der Waals surface area contributed by atoms with Crippen LogP contribution in [0, 0.1) is 11.3 Å².